The van der Waals surface area contributed by atoms with Gasteiger partial charge in [-0.25, -0.2) is 4.98 Å². The molecule has 0 saturated heterocycles. The first-order valence-electron chi connectivity index (χ1n) is 9.43. The molecule has 3 aromatic rings. The summed E-state index contributed by atoms with van der Waals surface area (Å²) in [5.74, 6) is 2.61. The second-order valence-electron chi connectivity index (χ2n) is 6.72. The summed E-state index contributed by atoms with van der Waals surface area (Å²) in [6.07, 6.45) is 0. The Bertz CT molecular complexity index is 1030. The molecule has 2 aromatic carbocycles. The molecule has 0 atom stereocenters. The number of nitrogens with one attached hydrogen (secondary N) is 1. The molecule has 0 spiro atoms. The number of hydrogen-bond acceptors (Lipinski definition) is 5. The molecule has 0 aliphatic carbocycles. The second-order valence-corrected chi connectivity index (χ2v) is 7.71. The van der Waals surface area contributed by atoms with Gasteiger partial charge in [0.25, 0.3) is 0 Å². The number of aryl methyl sites for hydroxylation is 1. The number of fused-ring (bicyclic) bond motifs is 1. The summed E-state index contributed by atoms with van der Waals surface area (Å²) in [6.45, 7) is 4.73. The minimum atomic E-state index is -0.0150. The third kappa shape index (κ3) is 5.17. The van der Waals surface area contributed by atoms with E-state index >= 15 is 0 Å². The number of methoxy groups -OCH3 is 1. The van der Waals surface area contributed by atoms with Crippen LogP contribution in [0.4, 0.5) is 0 Å². The molecule has 0 saturated carbocycles. The van der Waals surface area contributed by atoms with E-state index in [-0.39, 0.29) is 11.7 Å². The number of amides is 1. The van der Waals surface area contributed by atoms with E-state index in [0.29, 0.717) is 30.2 Å². The molecule has 1 aromatic heterocycles. The second kappa shape index (κ2) is 9.60. The van der Waals surface area contributed by atoms with Crippen LogP contribution in [0.15, 0.2) is 42.5 Å². The van der Waals surface area contributed by atoms with Crippen molar-refractivity contribution >= 4 is 34.5 Å². The van der Waals surface area contributed by atoms with E-state index in [2.05, 4.69) is 14.9 Å². The van der Waals surface area contributed by atoms with E-state index < -0.39 is 0 Å². The van der Waals surface area contributed by atoms with Crippen molar-refractivity contribution in [1.82, 2.24) is 14.9 Å². The lowest BCUT2D eigenvalue weighted by Crippen LogP contribution is -2.29. The Morgan fingerprint density at radius 3 is 2.76 bits per heavy atom. The number of ketones is 1. The zero-order chi connectivity index (χ0) is 20.8. The van der Waals surface area contributed by atoms with Crippen LogP contribution < -0.4 is 10.1 Å². The predicted molar refractivity (Wildman–Crippen MR) is 117 cm³/mol. The first-order valence-corrected chi connectivity index (χ1v) is 10.6. The van der Waals surface area contributed by atoms with Gasteiger partial charge in [0.2, 0.25) is 5.91 Å². The van der Waals surface area contributed by atoms with Crippen LogP contribution in [-0.2, 0) is 17.1 Å². The molecular weight excluding hydrogens is 386 g/mol. The molecule has 0 fully saturated rings. The summed E-state index contributed by atoms with van der Waals surface area (Å²) in [7, 11) is 1.60. The van der Waals surface area contributed by atoms with Crippen molar-refractivity contribution in [2.45, 2.75) is 26.1 Å². The summed E-state index contributed by atoms with van der Waals surface area (Å²) < 4.78 is 7.47. The van der Waals surface area contributed by atoms with Gasteiger partial charge in [-0.3, -0.25) is 9.59 Å². The number of imidazole rings is 1. The molecule has 1 N–H and O–H groups in total. The molecule has 1 amide bonds. The maximum absolute atomic E-state index is 12.2. The Balaban J connectivity index is 1.49. The number of carbonyl (C=O) groups is 2. The van der Waals surface area contributed by atoms with Crippen LogP contribution in [0.1, 0.15) is 28.7 Å². The van der Waals surface area contributed by atoms with Crippen LogP contribution in [-0.4, -0.2) is 40.6 Å². The van der Waals surface area contributed by atoms with Crippen LogP contribution >= 0.6 is 11.8 Å². The molecule has 6 nitrogen and oxygen atoms in total. The van der Waals surface area contributed by atoms with E-state index in [1.165, 1.54) is 18.7 Å². The third-order valence-electron chi connectivity index (χ3n) is 4.68. The van der Waals surface area contributed by atoms with Gasteiger partial charge in [0.05, 0.1) is 23.9 Å². The summed E-state index contributed by atoms with van der Waals surface area (Å²) in [6, 6.07) is 13.4. The van der Waals surface area contributed by atoms with Crippen molar-refractivity contribution in [3.05, 3.63) is 59.4 Å². The molecule has 0 aliphatic heterocycles. The minimum Gasteiger partial charge on any atom is -0.496 e. The fraction of sp³-hybridized carbons (Fsp3) is 0.318. The fourth-order valence-corrected chi connectivity index (χ4v) is 4.04. The van der Waals surface area contributed by atoms with Gasteiger partial charge in [0.1, 0.15) is 11.6 Å². The highest BCUT2D eigenvalue weighted by Crippen LogP contribution is 2.24. The van der Waals surface area contributed by atoms with E-state index in [1.54, 1.807) is 19.2 Å². The minimum absolute atomic E-state index is 0.0129. The van der Waals surface area contributed by atoms with Gasteiger partial charge in [0, 0.05) is 30.0 Å². The summed E-state index contributed by atoms with van der Waals surface area (Å²) in [5, 5.41) is 2.96. The van der Waals surface area contributed by atoms with Crippen LogP contribution in [0.2, 0.25) is 0 Å². The predicted octanol–water partition coefficient (Wildman–Crippen LogP) is 3.61. The first-order chi connectivity index (χ1) is 14.0. The Labute approximate surface area is 174 Å². The van der Waals surface area contributed by atoms with Crippen LogP contribution in [0.25, 0.3) is 11.0 Å². The van der Waals surface area contributed by atoms with Crippen LogP contribution in [0, 0.1) is 6.92 Å². The number of aromatic nitrogens is 2. The lowest BCUT2D eigenvalue weighted by atomic mass is 10.1. The number of benzene rings is 2. The highest BCUT2D eigenvalue weighted by molar-refractivity contribution is 7.99. The first kappa shape index (κ1) is 20.9. The van der Waals surface area contributed by atoms with Crippen molar-refractivity contribution in [2.75, 3.05) is 19.4 Å². The standard InChI is InChI=1S/C22H25N3O3S/c1-15(26)17-8-9-21(28-3)18(12-17)13-29-14-22(27)23-10-11-25-16(2)24-19-6-4-5-7-20(19)25/h4-9,12H,10-11,13-14H2,1-3H3,(H,23,27). The molecule has 3 rings (SSSR count). The molecule has 0 aliphatic rings. The molecule has 0 radical (unpaired) electrons. The van der Waals surface area contributed by atoms with Crippen molar-refractivity contribution in [3.8, 4) is 5.75 Å². The van der Waals surface area contributed by atoms with E-state index in [0.717, 1.165) is 28.2 Å². The Morgan fingerprint density at radius 1 is 1.21 bits per heavy atom. The zero-order valence-electron chi connectivity index (χ0n) is 16.9. The van der Waals surface area contributed by atoms with E-state index in [9.17, 15) is 9.59 Å². The largest absolute Gasteiger partial charge is 0.496 e. The third-order valence-corrected chi connectivity index (χ3v) is 5.66. The Morgan fingerprint density at radius 2 is 2.00 bits per heavy atom. The number of rotatable bonds is 9. The number of ether oxygens (including phenoxy) is 1. The SMILES string of the molecule is COc1ccc(C(C)=O)cc1CSCC(=O)NCCn1c(C)nc2ccccc21. The molecule has 29 heavy (non-hydrogen) atoms. The van der Waals surface area contributed by atoms with Crippen molar-refractivity contribution < 1.29 is 14.3 Å². The summed E-state index contributed by atoms with van der Waals surface area (Å²) in [4.78, 5) is 28.3. The summed E-state index contributed by atoms with van der Waals surface area (Å²) >= 11 is 1.50. The van der Waals surface area contributed by atoms with Crippen molar-refractivity contribution in [2.24, 2.45) is 0 Å². The lowest BCUT2D eigenvalue weighted by molar-refractivity contribution is -0.118. The highest BCUT2D eigenvalue weighted by atomic mass is 32.2. The molecule has 1 heterocycles. The number of para-hydroxylation sites is 2. The average Bonchev–Trinajstić information content (AvgIpc) is 3.03. The highest BCUT2D eigenvalue weighted by Gasteiger charge is 2.10. The van der Waals surface area contributed by atoms with E-state index in [1.807, 2.05) is 37.3 Å². The number of hydrogen-bond donors (Lipinski definition) is 1. The molecule has 152 valence electrons. The smallest absolute Gasteiger partial charge is 0.230 e. The number of nitrogens with zero attached hydrogens (tertiary/aromatic N) is 2. The topological polar surface area (TPSA) is 73.2 Å². The van der Waals surface area contributed by atoms with Gasteiger partial charge in [-0.2, -0.15) is 0 Å². The monoisotopic (exact) mass is 411 g/mol. The Kier molecular flexibility index (Phi) is 6.93. The zero-order valence-corrected chi connectivity index (χ0v) is 17.7. The van der Waals surface area contributed by atoms with Crippen LogP contribution in [0.3, 0.4) is 0 Å². The van der Waals surface area contributed by atoms with Gasteiger partial charge in [-0.15, -0.1) is 11.8 Å². The number of thioether (sulfide) groups is 1. The number of Topliss-reactive ketones (excluding diaryl/α,β-unsaturated/α-hetero) is 1. The summed E-state index contributed by atoms with van der Waals surface area (Å²) in [5.41, 5.74) is 3.60. The van der Waals surface area contributed by atoms with Crippen molar-refractivity contribution in [3.63, 3.8) is 0 Å². The molecular formula is C22H25N3O3S. The van der Waals surface area contributed by atoms with Gasteiger partial charge in [-0.05, 0) is 44.2 Å². The quantitative estimate of drug-likeness (QED) is 0.545. The maximum atomic E-state index is 12.2. The van der Waals surface area contributed by atoms with E-state index in [4.69, 9.17) is 4.74 Å². The van der Waals surface area contributed by atoms with Gasteiger partial charge in [0.15, 0.2) is 5.78 Å². The van der Waals surface area contributed by atoms with Gasteiger partial charge in [-0.1, -0.05) is 12.1 Å². The molecule has 7 heteroatoms. The lowest BCUT2D eigenvalue weighted by Gasteiger charge is -2.11. The molecule has 0 unspecified atom stereocenters. The van der Waals surface area contributed by atoms with Gasteiger partial charge < -0.3 is 14.6 Å². The maximum Gasteiger partial charge on any atom is 0.230 e. The molecule has 0 bridgehead atoms. The fourth-order valence-electron chi connectivity index (χ4n) is 3.20. The Hall–Kier alpha value is -2.80. The average molecular weight is 412 g/mol. The van der Waals surface area contributed by atoms with Crippen molar-refractivity contribution in [1.29, 1.82) is 0 Å². The van der Waals surface area contributed by atoms with Crippen LogP contribution in [0.5, 0.6) is 5.75 Å². The number of carbonyl (C=O) groups excluding carboxylic acids is 2. The normalized spacial score (nSPS) is 10.9. The van der Waals surface area contributed by atoms with Gasteiger partial charge >= 0.3 is 0 Å².